The summed E-state index contributed by atoms with van der Waals surface area (Å²) in [6.45, 7) is 7.74. The highest BCUT2D eigenvalue weighted by Gasteiger charge is 2.60. The third-order valence-electron chi connectivity index (χ3n) is 9.13. The number of hydrogen-bond donors (Lipinski definition) is 0. The summed E-state index contributed by atoms with van der Waals surface area (Å²) in [7, 11) is 1.95. The molecule has 0 aliphatic heterocycles. The number of rotatable bonds is 1. The maximum Gasteiger partial charge on any atom is 0.0627 e. The van der Waals surface area contributed by atoms with Gasteiger partial charge in [0, 0.05) is 7.11 Å². The van der Waals surface area contributed by atoms with Crippen molar-refractivity contribution in [3.05, 3.63) is 0 Å². The molecule has 0 spiro atoms. The largest absolute Gasteiger partial charge is 0.381 e. The summed E-state index contributed by atoms with van der Waals surface area (Å²) < 4.78 is 5.91. The van der Waals surface area contributed by atoms with Crippen molar-refractivity contribution < 1.29 is 4.74 Å². The van der Waals surface area contributed by atoms with Gasteiger partial charge in [0.25, 0.3) is 0 Å². The molecule has 0 heterocycles. The first-order chi connectivity index (χ1) is 10.5. The Hall–Kier alpha value is -0.0400. The third-order valence-corrected chi connectivity index (χ3v) is 9.13. The first-order valence-corrected chi connectivity index (χ1v) is 10.0. The highest BCUT2D eigenvalue weighted by Crippen LogP contribution is 2.66. The van der Waals surface area contributed by atoms with E-state index >= 15 is 0 Å². The van der Waals surface area contributed by atoms with Gasteiger partial charge in [-0.05, 0) is 91.8 Å². The van der Waals surface area contributed by atoms with Crippen molar-refractivity contribution in [1.29, 1.82) is 0 Å². The smallest absolute Gasteiger partial charge is 0.0627 e. The predicted molar refractivity (Wildman–Crippen MR) is 91.7 cm³/mol. The van der Waals surface area contributed by atoms with Crippen molar-refractivity contribution >= 4 is 0 Å². The van der Waals surface area contributed by atoms with E-state index in [1.165, 1.54) is 57.8 Å². The monoisotopic (exact) mass is 304 g/mol. The number of hydrogen-bond acceptors (Lipinski definition) is 1. The summed E-state index contributed by atoms with van der Waals surface area (Å²) in [5.41, 5.74) is 1.16. The van der Waals surface area contributed by atoms with E-state index in [-0.39, 0.29) is 0 Å². The molecule has 4 fully saturated rings. The second kappa shape index (κ2) is 5.23. The molecule has 0 amide bonds. The molecule has 4 saturated carbocycles. The lowest BCUT2D eigenvalue weighted by Gasteiger charge is -2.61. The normalized spacial score (nSPS) is 57.8. The first kappa shape index (κ1) is 15.5. The molecule has 1 heteroatoms. The molecule has 0 aromatic rings. The molecule has 0 aromatic heterocycles. The second-order valence-electron chi connectivity index (χ2n) is 9.88. The van der Waals surface area contributed by atoms with Crippen LogP contribution in [0.25, 0.3) is 0 Å². The molecule has 4 rings (SSSR count). The van der Waals surface area contributed by atoms with Crippen LogP contribution in [0, 0.1) is 40.4 Å². The van der Waals surface area contributed by atoms with Crippen LogP contribution in [0.15, 0.2) is 0 Å². The van der Waals surface area contributed by atoms with Crippen molar-refractivity contribution in [3.63, 3.8) is 0 Å². The quantitative estimate of drug-likeness (QED) is 0.605. The molecule has 4 unspecified atom stereocenters. The fourth-order valence-electron chi connectivity index (χ4n) is 7.81. The van der Waals surface area contributed by atoms with Crippen molar-refractivity contribution in [1.82, 2.24) is 0 Å². The van der Waals surface area contributed by atoms with Gasteiger partial charge in [0.05, 0.1) is 6.10 Å². The Bertz CT molecular complexity index is 432. The molecular weight excluding hydrogens is 268 g/mol. The van der Waals surface area contributed by atoms with Gasteiger partial charge < -0.3 is 4.74 Å². The molecule has 126 valence electrons. The van der Waals surface area contributed by atoms with Gasteiger partial charge in [-0.3, -0.25) is 0 Å². The van der Waals surface area contributed by atoms with Crippen molar-refractivity contribution in [2.45, 2.75) is 84.7 Å². The SMILES string of the molecule is CO[C@H]1CCC2[C@@H]3CCC4CC(C)CC[C@]4(C)C3CC[C@@]21C. The van der Waals surface area contributed by atoms with E-state index in [1.54, 1.807) is 0 Å². The number of methoxy groups -OCH3 is 1. The topological polar surface area (TPSA) is 9.23 Å². The highest BCUT2D eigenvalue weighted by atomic mass is 16.5. The molecule has 0 bridgehead atoms. The van der Waals surface area contributed by atoms with Crippen LogP contribution in [0.2, 0.25) is 0 Å². The number of fused-ring (bicyclic) bond motifs is 5. The Morgan fingerprint density at radius 2 is 1.55 bits per heavy atom. The second-order valence-corrected chi connectivity index (χ2v) is 9.88. The van der Waals surface area contributed by atoms with E-state index in [0.29, 0.717) is 16.9 Å². The van der Waals surface area contributed by atoms with E-state index in [0.717, 1.165) is 29.6 Å². The lowest BCUT2D eigenvalue weighted by Crippen LogP contribution is -2.54. The van der Waals surface area contributed by atoms with Gasteiger partial charge in [-0.2, -0.15) is 0 Å². The number of ether oxygens (including phenoxy) is 1. The average molecular weight is 305 g/mol. The van der Waals surface area contributed by atoms with Gasteiger partial charge in [-0.25, -0.2) is 0 Å². The van der Waals surface area contributed by atoms with Crippen LogP contribution in [0.4, 0.5) is 0 Å². The zero-order valence-electron chi connectivity index (χ0n) is 15.2. The van der Waals surface area contributed by atoms with Crippen LogP contribution in [0.1, 0.15) is 78.6 Å². The maximum atomic E-state index is 5.91. The van der Waals surface area contributed by atoms with Crippen LogP contribution in [-0.2, 0) is 4.74 Å². The Kier molecular flexibility index (Phi) is 3.68. The highest BCUT2D eigenvalue weighted by molar-refractivity contribution is 5.09. The minimum atomic E-state index is 0.487. The predicted octanol–water partition coefficient (Wildman–Crippen LogP) is 5.68. The van der Waals surface area contributed by atoms with Gasteiger partial charge in [0.1, 0.15) is 0 Å². The van der Waals surface area contributed by atoms with Crippen LogP contribution < -0.4 is 0 Å². The standard InChI is InChI=1S/C21H36O/c1-14-9-11-20(2)15(13-14)5-6-16-17-7-8-19(22-4)21(17,3)12-10-18(16)20/h14-19H,5-13H2,1-4H3/t14?,15?,16-,17?,18?,19-,20-,21-/m0/s1. The summed E-state index contributed by atoms with van der Waals surface area (Å²) in [5, 5.41) is 0. The molecule has 8 atom stereocenters. The summed E-state index contributed by atoms with van der Waals surface area (Å²) in [6, 6.07) is 0. The Morgan fingerprint density at radius 3 is 2.32 bits per heavy atom. The molecule has 0 N–H and O–H groups in total. The van der Waals surface area contributed by atoms with Crippen molar-refractivity contribution in [3.8, 4) is 0 Å². The van der Waals surface area contributed by atoms with Crippen LogP contribution in [0.5, 0.6) is 0 Å². The average Bonchev–Trinajstić information content (AvgIpc) is 2.84. The Balaban J connectivity index is 1.61. The van der Waals surface area contributed by atoms with Crippen molar-refractivity contribution in [2.75, 3.05) is 7.11 Å². The van der Waals surface area contributed by atoms with Gasteiger partial charge in [-0.1, -0.05) is 27.2 Å². The van der Waals surface area contributed by atoms with Crippen LogP contribution in [0.3, 0.4) is 0 Å². The summed E-state index contributed by atoms with van der Waals surface area (Å²) >= 11 is 0. The molecule has 0 saturated heterocycles. The molecule has 1 nitrogen and oxygen atoms in total. The van der Waals surface area contributed by atoms with E-state index in [4.69, 9.17) is 4.74 Å². The van der Waals surface area contributed by atoms with E-state index in [9.17, 15) is 0 Å². The zero-order valence-corrected chi connectivity index (χ0v) is 15.2. The minimum absolute atomic E-state index is 0.487. The van der Waals surface area contributed by atoms with Gasteiger partial charge in [-0.15, -0.1) is 0 Å². The molecule has 0 radical (unpaired) electrons. The van der Waals surface area contributed by atoms with E-state index < -0.39 is 0 Å². The van der Waals surface area contributed by atoms with Gasteiger partial charge >= 0.3 is 0 Å². The van der Waals surface area contributed by atoms with E-state index in [1.807, 2.05) is 7.11 Å². The van der Waals surface area contributed by atoms with Crippen LogP contribution >= 0.6 is 0 Å². The zero-order chi connectivity index (χ0) is 15.5. The first-order valence-electron chi connectivity index (χ1n) is 10.0. The summed E-state index contributed by atoms with van der Waals surface area (Å²) in [4.78, 5) is 0. The Labute approximate surface area is 137 Å². The van der Waals surface area contributed by atoms with Crippen molar-refractivity contribution in [2.24, 2.45) is 40.4 Å². The Morgan fingerprint density at radius 1 is 0.818 bits per heavy atom. The van der Waals surface area contributed by atoms with E-state index in [2.05, 4.69) is 20.8 Å². The summed E-state index contributed by atoms with van der Waals surface area (Å²) in [5.74, 6) is 4.99. The lowest BCUT2D eigenvalue weighted by molar-refractivity contribution is -0.130. The molecule has 4 aliphatic rings. The third kappa shape index (κ3) is 2.00. The molecular formula is C21H36O. The lowest BCUT2D eigenvalue weighted by atomic mass is 9.44. The molecule has 4 aliphatic carbocycles. The van der Waals surface area contributed by atoms with Crippen LogP contribution in [-0.4, -0.2) is 13.2 Å². The summed E-state index contributed by atoms with van der Waals surface area (Å²) in [6.07, 6.45) is 13.8. The van der Waals surface area contributed by atoms with Gasteiger partial charge in [0.2, 0.25) is 0 Å². The van der Waals surface area contributed by atoms with Gasteiger partial charge in [0.15, 0.2) is 0 Å². The molecule has 22 heavy (non-hydrogen) atoms. The maximum absolute atomic E-state index is 5.91. The fraction of sp³-hybridized carbons (Fsp3) is 1.00. The molecule has 0 aromatic carbocycles. The fourth-order valence-corrected chi connectivity index (χ4v) is 7.81. The minimum Gasteiger partial charge on any atom is -0.381 e.